The van der Waals surface area contributed by atoms with Crippen molar-refractivity contribution in [1.82, 2.24) is 15.1 Å². The zero-order chi connectivity index (χ0) is 15.2. The maximum atomic E-state index is 11.9. The Morgan fingerprint density at radius 3 is 2.52 bits per heavy atom. The van der Waals surface area contributed by atoms with E-state index < -0.39 is 12.0 Å². The SMILES string of the molecule is CC(C(=O)O)N1CCN(C(=O)NCCOCC2CC2)CC1. The van der Waals surface area contributed by atoms with Crippen molar-refractivity contribution in [2.75, 3.05) is 45.9 Å². The number of carboxylic acid groups (broad SMARTS) is 1. The fourth-order valence-corrected chi connectivity index (χ4v) is 2.34. The van der Waals surface area contributed by atoms with Crippen LogP contribution in [0.25, 0.3) is 0 Å². The number of carboxylic acids is 1. The van der Waals surface area contributed by atoms with E-state index >= 15 is 0 Å². The minimum absolute atomic E-state index is 0.0901. The van der Waals surface area contributed by atoms with E-state index in [9.17, 15) is 9.59 Å². The molecule has 1 saturated heterocycles. The summed E-state index contributed by atoms with van der Waals surface area (Å²) in [5, 5.41) is 11.8. The van der Waals surface area contributed by atoms with Crippen LogP contribution in [0.2, 0.25) is 0 Å². The maximum absolute atomic E-state index is 11.9. The van der Waals surface area contributed by atoms with Crippen molar-refractivity contribution < 1.29 is 19.4 Å². The number of hydrogen-bond acceptors (Lipinski definition) is 4. The fourth-order valence-electron chi connectivity index (χ4n) is 2.34. The molecule has 2 N–H and O–H groups in total. The van der Waals surface area contributed by atoms with Crippen molar-refractivity contribution in [3.05, 3.63) is 0 Å². The minimum atomic E-state index is -0.819. The summed E-state index contributed by atoms with van der Waals surface area (Å²) in [4.78, 5) is 26.5. The summed E-state index contributed by atoms with van der Waals surface area (Å²) in [6, 6.07) is -0.585. The van der Waals surface area contributed by atoms with Crippen LogP contribution in [-0.4, -0.2) is 78.9 Å². The number of piperazine rings is 1. The van der Waals surface area contributed by atoms with Crippen LogP contribution in [0.5, 0.6) is 0 Å². The van der Waals surface area contributed by atoms with E-state index in [0.717, 1.165) is 12.5 Å². The molecule has 0 radical (unpaired) electrons. The molecule has 2 fully saturated rings. The lowest BCUT2D eigenvalue weighted by molar-refractivity contribution is -0.143. The van der Waals surface area contributed by atoms with Gasteiger partial charge in [0.1, 0.15) is 6.04 Å². The van der Waals surface area contributed by atoms with Crippen LogP contribution in [0, 0.1) is 5.92 Å². The average molecular weight is 299 g/mol. The zero-order valence-electron chi connectivity index (χ0n) is 12.6. The molecule has 1 aliphatic heterocycles. The molecule has 0 aromatic rings. The third kappa shape index (κ3) is 5.17. The maximum Gasteiger partial charge on any atom is 0.320 e. The molecule has 1 unspecified atom stereocenters. The number of rotatable bonds is 7. The van der Waals surface area contributed by atoms with Crippen molar-refractivity contribution in [3.8, 4) is 0 Å². The molecule has 1 heterocycles. The average Bonchev–Trinajstić information content (AvgIpc) is 3.30. The Morgan fingerprint density at radius 1 is 1.29 bits per heavy atom. The molecule has 0 aromatic heterocycles. The largest absolute Gasteiger partial charge is 0.480 e. The van der Waals surface area contributed by atoms with Gasteiger partial charge in [0.25, 0.3) is 0 Å². The molecule has 2 rings (SSSR count). The molecule has 2 amide bonds. The molecular formula is C14H25N3O4. The van der Waals surface area contributed by atoms with E-state index in [0.29, 0.717) is 39.3 Å². The summed E-state index contributed by atoms with van der Waals surface area (Å²) < 4.78 is 5.46. The number of urea groups is 1. The van der Waals surface area contributed by atoms with Gasteiger partial charge in [-0.3, -0.25) is 9.69 Å². The van der Waals surface area contributed by atoms with Crippen LogP contribution in [0.1, 0.15) is 19.8 Å². The quantitative estimate of drug-likeness (QED) is 0.657. The molecule has 7 nitrogen and oxygen atoms in total. The molecule has 0 aromatic carbocycles. The standard InChI is InChI=1S/C14H25N3O4/c1-11(13(18)19)16-5-7-17(8-6-16)14(20)15-4-9-21-10-12-2-3-12/h11-12H,2-10H2,1H3,(H,15,20)(H,18,19). The Balaban J connectivity index is 1.57. The van der Waals surface area contributed by atoms with Gasteiger partial charge < -0.3 is 20.1 Å². The summed E-state index contributed by atoms with van der Waals surface area (Å²) in [6.07, 6.45) is 2.54. The first-order valence-corrected chi connectivity index (χ1v) is 7.65. The number of hydrogen-bond donors (Lipinski definition) is 2. The first kappa shape index (κ1) is 16.0. The van der Waals surface area contributed by atoms with Gasteiger partial charge in [0.2, 0.25) is 0 Å². The zero-order valence-corrected chi connectivity index (χ0v) is 12.6. The van der Waals surface area contributed by atoms with Crippen LogP contribution >= 0.6 is 0 Å². The lowest BCUT2D eigenvalue weighted by atomic mass is 10.2. The van der Waals surface area contributed by atoms with Gasteiger partial charge in [-0.1, -0.05) is 0 Å². The Morgan fingerprint density at radius 2 is 1.95 bits per heavy atom. The third-order valence-electron chi connectivity index (χ3n) is 4.08. The molecule has 120 valence electrons. The van der Waals surface area contributed by atoms with E-state index in [2.05, 4.69) is 5.32 Å². The number of nitrogens with one attached hydrogen (secondary N) is 1. The van der Waals surface area contributed by atoms with Gasteiger partial charge in [-0.05, 0) is 25.7 Å². The van der Waals surface area contributed by atoms with Crippen molar-refractivity contribution in [1.29, 1.82) is 0 Å². The van der Waals surface area contributed by atoms with Crippen LogP contribution < -0.4 is 5.32 Å². The van der Waals surface area contributed by atoms with Gasteiger partial charge in [-0.15, -0.1) is 0 Å². The van der Waals surface area contributed by atoms with Gasteiger partial charge in [-0.25, -0.2) is 4.79 Å². The molecule has 1 aliphatic carbocycles. The first-order chi connectivity index (χ1) is 10.1. The van der Waals surface area contributed by atoms with Crippen molar-refractivity contribution in [2.45, 2.75) is 25.8 Å². The molecule has 21 heavy (non-hydrogen) atoms. The van der Waals surface area contributed by atoms with Crippen molar-refractivity contribution in [3.63, 3.8) is 0 Å². The highest BCUT2D eigenvalue weighted by Gasteiger charge is 2.27. The van der Waals surface area contributed by atoms with Crippen LogP contribution in [0.3, 0.4) is 0 Å². The Bertz CT molecular complexity index is 365. The van der Waals surface area contributed by atoms with E-state index in [1.54, 1.807) is 11.8 Å². The lowest BCUT2D eigenvalue weighted by Crippen LogP contribution is -2.55. The predicted octanol–water partition coefficient (Wildman–Crippen LogP) is 0.213. The minimum Gasteiger partial charge on any atom is -0.480 e. The number of amides is 2. The summed E-state index contributed by atoms with van der Waals surface area (Å²) in [6.45, 7) is 5.88. The van der Waals surface area contributed by atoms with Crippen LogP contribution in [0.15, 0.2) is 0 Å². The summed E-state index contributed by atoms with van der Waals surface area (Å²) in [7, 11) is 0. The second-order valence-electron chi connectivity index (χ2n) is 5.79. The number of carbonyl (C=O) groups excluding carboxylic acids is 1. The summed E-state index contributed by atoms with van der Waals surface area (Å²) in [5.74, 6) is -0.0780. The highest BCUT2D eigenvalue weighted by atomic mass is 16.5. The van der Waals surface area contributed by atoms with Crippen LogP contribution in [-0.2, 0) is 9.53 Å². The molecule has 2 aliphatic rings. The van der Waals surface area contributed by atoms with Crippen molar-refractivity contribution in [2.24, 2.45) is 5.92 Å². The molecule has 7 heteroatoms. The molecule has 1 saturated carbocycles. The number of nitrogens with zero attached hydrogens (tertiary/aromatic N) is 2. The van der Waals surface area contributed by atoms with Gasteiger partial charge in [0, 0.05) is 39.3 Å². The van der Waals surface area contributed by atoms with Crippen molar-refractivity contribution >= 4 is 12.0 Å². The van der Waals surface area contributed by atoms with E-state index in [4.69, 9.17) is 9.84 Å². The topological polar surface area (TPSA) is 82.1 Å². The Hall–Kier alpha value is -1.34. The second-order valence-corrected chi connectivity index (χ2v) is 5.79. The second kappa shape index (κ2) is 7.61. The molecule has 0 bridgehead atoms. The normalized spacial score (nSPS) is 21.1. The third-order valence-corrected chi connectivity index (χ3v) is 4.08. The van der Waals surface area contributed by atoms with Crippen LogP contribution in [0.4, 0.5) is 4.79 Å². The number of carbonyl (C=O) groups is 2. The first-order valence-electron chi connectivity index (χ1n) is 7.65. The van der Waals surface area contributed by atoms with E-state index in [1.165, 1.54) is 12.8 Å². The summed E-state index contributed by atoms with van der Waals surface area (Å²) >= 11 is 0. The van der Waals surface area contributed by atoms with E-state index in [-0.39, 0.29) is 6.03 Å². The molecular weight excluding hydrogens is 274 g/mol. The highest BCUT2D eigenvalue weighted by Crippen LogP contribution is 2.28. The molecule has 0 spiro atoms. The predicted molar refractivity (Wildman–Crippen MR) is 77.2 cm³/mol. The smallest absolute Gasteiger partial charge is 0.320 e. The van der Waals surface area contributed by atoms with Gasteiger partial charge in [-0.2, -0.15) is 0 Å². The number of aliphatic carboxylic acids is 1. The van der Waals surface area contributed by atoms with Gasteiger partial charge in [0.05, 0.1) is 6.61 Å². The lowest BCUT2D eigenvalue weighted by Gasteiger charge is -2.36. The Labute approximate surface area is 125 Å². The molecule has 1 atom stereocenters. The van der Waals surface area contributed by atoms with Gasteiger partial charge >= 0.3 is 12.0 Å². The summed E-state index contributed by atoms with van der Waals surface area (Å²) in [5.41, 5.74) is 0. The monoisotopic (exact) mass is 299 g/mol. The Kier molecular flexibility index (Phi) is 5.81. The highest BCUT2D eigenvalue weighted by molar-refractivity contribution is 5.74. The fraction of sp³-hybridized carbons (Fsp3) is 0.857. The van der Waals surface area contributed by atoms with E-state index in [1.807, 2.05) is 4.90 Å². The number of ether oxygens (including phenoxy) is 1. The van der Waals surface area contributed by atoms with Gasteiger partial charge in [0.15, 0.2) is 0 Å².